The van der Waals surface area contributed by atoms with Crippen molar-refractivity contribution in [3.63, 3.8) is 0 Å². The number of para-hydroxylation sites is 1. The Labute approximate surface area is 145 Å². The number of aromatic nitrogens is 1. The summed E-state index contributed by atoms with van der Waals surface area (Å²) in [5.74, 6) is 0. The van der Waals surface area contributed by atoms with E-state index in [1.165, 1.54) is 6.07 Å². The fourth-order valence-corrected chi connectivity index (χ4v) is 3.35. The maximum atomic E-state index is 13.3. The predicted molar refractivity (Wildman–Crippen MR) is 83.8 cm³/mol. The summed E-state index contributed by atoms with van der Waals surface area (Å²) in [6.45, 7) is 0.0714. The van der Waals surface area contributed by atoms with Crippen molar-refractivity contribution in [1.82, 2.24) is 4.98 Å². The molecule has 26 heavy (non-hydrogen) atoms. The van der Waals surface area contributed by atoms with E-state index in [4.69, 9.17) is 0 Å². The lowest BCUT2D eigenvalue weighted by Crippen LogP contribution is -2.42. The maximum absolute atomic E-state index is 13.3. The maximum Gasteiger partial charge on any atom is 0.433 e. The minimum absolute atomic E-state index is 0.00632. The highest BCUT2D eigenvalue weighted by Crippen LogP contribution is 2.41. The van der Waals surface area contributed by atoms with Gasteiger partial charge < -0.3 is 10.0 Å². The quantitative estimate of drug-likeness (QED) is 0.775. The molecule has 1 aliphatic heterocycles. The van der Waals surface area contributed by atoms with Crippen LogP contribution in [0.15, 0.2) is 24.3 Å². The number of piperidine rings is 1. The van der Waals surface area contributed by atoms with Gasteiger partial charge in [0.1, 0.15) is 5.69 Å². The van der Waals surface area contributed by atoms with Crippen molar-refractivity contribution in [2.24, 2.45) is 0 Å². The average molecular weight is 378 g/mol. The predicted octanol–water partition coefficient (Wildman–Crippen LogP) is 4.62. The molecule has 0 spiro atoms. The smallest absolute Gasteiger partial charge is 0.394 e. The van der Waals surface area contributed by atoms with Gasteiger partial charge in [0.05, 0.1) is 23.7 Å². The molecule has 0 bridgehead atoms. The van der Waals surface area contributed by atoms with Gasteiger partial charge in [-0.2, -0.15) is 26.3 Å². The molecule has 1 saturated heterocycles. The zero-order valence-electron chi connectivity index (χ0n) is 13.5. The first kappa shape index (κ1) is 18.8. The normalized spacial score (nSPS) is 19.2. The molecule has 1 fully saturated rings. The SMILES string of the molecule is OCC1CCCCN1c1cc(C(F)(F)F)nc2c(C(F)(F)F)cccc12. The Hall–Kier alpha value is -2.03. The van der Waals surface area contributed by atoms with Crippen LogP contribution in [0.3, 0.4) is 0 Å². The molecule has 0 radical (unpaired) electrons. The highest BCUT2D eigenvalue weighted by atomic mass is 19.4. The summed E-state index contributed by atoms with van der Waals surface area (Å²) in [7, 11) is 0. The van der Waals surface area contributed by atoms with Gasteiger partial charge in [-0.25, -0.2) is 4.98 Å². The number of aliphatic hydroxyl groups is 1. The van der Waals surface area contributed by atoms with E-state index in [0.717, 1.165) is 24.6 Å². The minimum Gasteiger partial charge on any atom is -0.394 e. The van der Waals surface area contributed by atoms with Gasteiger partial charge in [0, 0.05) is 17.6 Å². The second-order valence-corrected chi connectivity index (χ2v) is 6.25. The van der Waals surface area contributed by atoms with Gasteiger partial charge in [-0.15, -0.1) is 0 Å². The fourth-order valence-electron chi connectivity index (χ4n) is 3.35. The number of rotatable bonds is 2. The first-order valence-corrected chi connectivity index (χ1v) is 8.08. The molecule has 1 aromatic heterocycles. The van der Waals surface area contributed by atoms with Crippen molar-refractivity contribution in [3.8, 4) is 0 Å². The number of pyridine rings is 1. The molecule has 0 amide bonds. The van der Waals surface area contributed by atoms with Crippen LogP contribution < -0.4 is 4.90 Å². The third-order valence-electron chi connectivity index (χ3n) is 4.56. The van der Waals surface area contributed by atoms with Crippen LogP contribution in [0.2, 0.25) is 0 Å². The van der Waals surface area contributed by atoms with Crippen LogP contribution in [0.5, 0.6) is 0 Å². The molecule has 0 saturated carbocycles. The van der Waals surface area contributed by atoms with Crippen LogP contribution in [-0.2, 0) is 12.4 Å². The lowest BCUT2D eigenvalue weighted by Gasteiger charge is -2.37. The summed E-state index contributed by atoms with van der Waals surface area (Å²) in [6, 6.07) is 3.54. The molecule has 2 aromatic rings. The zero-order chi connectivity index (χ0) is 19.1. The van der Waals surface area contributed by atoms with Crippen molar-refractivity contribution >= 4 is 16.6 Å². The molecule has 142 valence electrons. The largest absolute Gasteiger partial charge is 0.433 e. The molecule has 1 N–H and O–H groups in total. The number of anilines is 1. The molecular formula is C17H16F6N2O. The number of nitrogens with zero attached hydrogens (tertiary/aromatic N) is 2. The zero-order valence-corrected chi connectivity index (χ0v) is 13.5. The highest BCUT2D eigenvalue weighted by molar-refractivity contribution is 5.94. The van der Waals surface area contributed by atoms with E-state index in [0.29, 0.717) is 19.4 Å². The molecule has 1 aromatic carbocycles. The van der Waals surface area contributed by atoms with Crippen LogP contribution in [0.25, 0.3) is 10.9 Å². The first-order chi connectivity index (χ1) is 12.1. The third-order valence-corrected chi connectivity index (χ3v) is 4.56. The van der Waals surface area contributed by atoms with Crippen molar-refractivity contribution in [1.29, 1.82) is 0 Å². The Bertz CT molecular complexity index is 802. The third kappa shape index (κ3) is 3.44. The summed E-state index contributed by atoms with van der Waals surface area (Å²) in [5.41, 5.74) is -3.29. The monoisotopic (exact) mass is 378 g/mol. The van der Waals surface area contributed by atoms with Gasteiger partial charge in [0.25, 0.3) is 0 Å². The van der Waals surface area contributed by atoms with Crippen LogP contribution >= 0.6 is 0 Å². The first-order valence-electron chi connectivity index (χ1n) is 8.08. The topological polar surface area (TPSA) is 36.4 Å². The highest BCUT2D eigenvalue weighted by Gasteiger charge is 2.38. The van der Waals surface area contributed by atoms with E-state index < -0.39 is 35.2 Å². The van der Waals surface area contributed by atoms with E-state index in [1.54, 1.807) is 4.90 Å². The Morgan fingerprint density at radius 2 is 1.81 bits per heavy atom. The van der Waals surface area contributed by atoms with E-state index in [1.807, 2.05) is 0 Å². The van der Waals surface area contributed by atoms with Gasteiger partial charge in [-0.05, 0) is 31.4 Å². The summed E-state index contributed by atoms with van der Waals surface area (Å²) in [4.78, 5) is 4.84. The van der Waals surface area contributed by atoms with Gasteiger partial charge in [-0.3, -0.25) is 0 Å². The second kappa shape index (κ2) is 6.61. The molecule has 0 aliphatic carbocycles. The molecule has 3 rings (SSSR count). The molecule has 9 heteroatoms. The summed E-state index contributed by atoms with van der Waals surface area (Å²) < 4.78 is 79.6. The number of aliphatic hydroxyl groups excluding tert-OH is 1. The number of alkyl halides is 6. The van der Waals surface area contributed by atoms with E-state index in [2.05, 4.69) is 4.98 Å². The standard InChI is InChI=1S/C17H16F6N2O/c18-16(19,20)12-6-3-5-11-13(25-7-2-1-4-10(25)9-26)8-14(17(21,22)23)24-15(11)12/h3,5-6,8,10,26H,1-2,4,7,9H2. The molecule has 1 unspecified atom stereocenters. The van der Waals surface area contributed by atoms with E-state index >= 15 is 0 Å². The molecular weight excluding hydrogens is 362 g/mol. The Morgan fingerprint density at radius 3 is 2.42 bits per heavy atom. The summed E-state index contributed by atoms with van der Waals surface area (Å²) in [5, 5.41) is 9.54. The number of halogens is 6. The molecule has 1 atom stereocenters. The van der Waals surface area contributed by atoms with E-state index in [9.17, 15) is 31.4 Å². The van der Waals surface area contributed by atoms with Crippen molar-refractivity contribution in [2.45, 2.75) is 37.7 Å². The molecule has 3 nitrogen and oxygen atoms in total. The fraction of sp³-hybridized carbons (Fsp3) is 0.471. The lowest BCUT2D eigenvalue weighted by atomic mass is 9.99. The van der Waals surface area contributed by atoms with Crippen LogP contribution in [-0.4, -0.2) is 29.3 Å². The summed E-state index contributed by atoms with van der Waals surface area (Å²) >= 11 is 0. The average Bonchev–Trinajstić information content (AvgIpc) is 2.58. The number of hydrogen-bond donors (Lipinski definition) is 1. The van der Waals surface area contributed by atoms with Crippen molar-refractivity contribution in [2.75, 3.05) is 18.1 Å². The van der Waals surface area contributed by atoms with E-state index in [-0.39, 0.29) is 17.7 Å². The van der Waals surface area contributed by atoms with Gasteiger partial charge in [-0.1, -0.05) is 12.1 Å². The van der Waals surface area contributed by atoms with Gasteiger partial charge in [0.2, 0.25) is 0 Å². The Balaban J connectivity index is 2.30. The number of hydrogen-bond acceptors (Lipinski definition) is 3. The molecule has 2 heterocycles. The van der Waals surface area contributed by atoms with Gasteiger partial charge >= 0.3 is 12.4 Å². The van der Waals surface area contributed by atoms with Crippen molar-refractivity contribution < 1.29 is 31.4 Å². The Morgan fingerprint density at radius 1 is 1.08 bits per heavy atom. The van der Waals surface area contributed by atoms with Gasteiger partial charge in [0.15, 0.2) is 0 Å². The molecule has 1 aliphatic rings. The Kier molecular flexibility index (Phi) is 4.76. The number of benzene rings is 1. The van der Waals surface area contributed by atoms with Crippen molar-refractivity contribution in [3.05, 3.63) is 35.5 Å². The number of fused-ring (bicyclic) bond motifs is 1. The summed E-state index contributed by atoms with van der Waals surface area (Å²) in [6.07, 6.45) is -7.68. The minimum atomic E-state index is -4.88. The van der Waals surface area contributed by atoms with Crippen LogP contribution in [0.4, 0.5) is 32.0 Å². The van der Waals surface area contributed by atoms with Crippen LogP contribution in [0, 0.1) is 0 Å². The lowest BCUT2D eigenvalue weighted by molar-refractivity contribution is -0.142. The second-order valence-electron chi connectivity index (χ2n) is 6.25. The van der Waals surface area contributed by atoms with Crippen LogP contribution in [0.1, 0.15) is 30.5 Å².